The SMILES string of the molecule is c1ccc(Nc2ccc(Nc3nn4cc(-c5cccnc5)nc4s3)cn2)cc1. The molecule has 4 aromatic heterocycles. The third-order valence-corrected chi connectivity index (χ3v) is 4.90. The molecule has 0 unspecified atom stereocenters. The number of nitrogens with one attached hydrogen (secondary N) is 2. The fraction of sp³-hybridized carbons (Fsp3) is 0. The number of rotatable bonds is 5. The summed E-state index contributed by atoms with van der Waals surface area (Å²) in [5.74, 6) is 0.784. The second kappa shape index (κ2) is 7.09. The van der Waals surface area contributed by atoms with Crippen LogP contribution in [-0.2, 0) is 0 Å². The molecule has 0 radical (unpaired) electrons. The van der Waals surface area contributed by atoms with Crippen molar-refractivity contribution in [2.24, 2.45) is 0 Å². The van der Waals surface area contributed by atoms with Crippen molar-refractivity contribution in [3.8, 4) is 11.3 Å². The molecule has 0 bridgehead atoms. The lowest BCUT2D eigenvalue weighted by Crippen LogP contribution is -1.95. The van der Waals surface area contributed by atoms with Crippen molar-refractivity contribution in [2.75, 3.05) is 10.6 Å². The van der Waals surface area contributed by atoms with Crippen molar-refractivity contribution in [1.82, 2.24) is 24.6 Å². The summed E-state index contributed by atoms with van der Waals surface area (Å²) in [4.78, 5) is 14.0. The zero-order valence-corrected chi connectivity index (χ0v) is 15.5. The Balaban J connectivity index is 1.30. The highest BCUT2D eigenvalue weighted by molar-refractivity contribution is 7.20. The topological polar surface area (TPSA) is 80.0 Å². The largest absolute Gasteiger partial charge is 0.340 e. The van der Waals surface area contributed by atoms with Gasteiger partial charge >= 0.3 is 0 Å². The first-order valence-electron chi connectivity index (χ1n) is 8.65. The summed E-state index contributed by atoms with van der Waals surface area (Å²) < 4.78 is 1.77. The van der Waals surface area contributed by atoms with Crippen molar-refractivity contribution < 1.29 is 0 Å². The Hall–Kier alpha value is -3.78. The molecular weight excluding hydrogens is 370 g/mol. The van der Waals surface area contributed by atoms with Crippen LogP contribution in [0.2, 0.25) is 0 Å². The maximum atomic E-state index is 4.62. The number of hydrogen-bond acceptors (Lipinski definition) is 7. The van der Waals surface area contributed by atoms with E-state index < -0.39 is 0 Å². The van der Waals surface area contributed by atoms with Gasteiger partial charge in [0.25, 0.3) is 0 Å². The van der Waals surface area contributed by atoms with Crippen LogP contribution in [0.3, 0.4) is 0 Å². The number of anilines is 4. The number of imidazole rings is 1. The third-order valence-electron chi connectivity index (χ3n) is 4.06. The van der Waals surface area contributed by atoms with Crippen LogP contribution in [0.5, 0.6) is 0 Å². The van der Waals surface area contributed by atoms with Gasteiger partial charge < -0.3 is 10.6 Å². The Morgan fingerprint density at radius 2 is 1.79 bits per heavy atom. The van der Waals surface area contributed by atoms with E-state index in [4.69, 9.17) is 0 Å². The quantitative estimate of drug-likeness (QED) is 0.455. The summed E-state index contributed by atoms with van der Waals surface area (Å²) in [7, 11) is 0. The van der Waals surface area contributed by atoms with Gasteiger partial charge in [-0.05, 0) is 36.4 Å². The van der Waals surface area contributed by atoms with E-state index in [-0.39, 0.29) is 0 Å². The molecule has 4 heterocycles. The lowest BCUT2D eigenvalue weighted by atomic mass is 10.2. The monoisotopic (exact) mass is 385 g/mol. The molecule has 28 heavy (non-hydrogen) atoms. The van der Waals surface area contributed by atoms with E-state index in [0.29, 0.717) is 0 Å². The van der Waals surface area contributed by atoms with Gasteiger partial charge in [0.1, 0.15) is 5.82 Å². The molecule has 0 aliphatic heterocycles. The fourth-order valence-corrected chi connectivity index (χ4v) is 3.54. The molecule has 0 aliphatic rings. The Kier molecular flexibility index (Phi) is 4.15. The molecule has 0 saturated heterocycles. The van der Waals surface area contributed by atoms with E-state index in [9.17, 15) is 0 Å². The second-order valence-corrected chi connectivity index (χ2v) is 7.01. The van der Waals surface area contributed by atoms with Gasteiger partial charge in [0.05, 0.1) is 23.8 Å². The van der Waals surface area contributed by atoms with Gasteiger partial charge in [-0.15, -0.1) is 5.10 Å². The third kappa shape index (κ3) is 3.40. The highest BCUT2D eigenvalue weighted by Gasteiger charge is 2.10. The lowest BCUT2D eigenvalue weighted by molar-refractivity contribution is 0.978. The summed E-state index contributed by atoms with van der Waals surface area (Å²) in [5, 5.41) is 11.8. The van der Waals surface area contributed by atoms with E-state index in [1.807, 2.05) is 60.8 Å². The Morgan fingerprint density at radius 1 is 0.857 bits per heavy atom. The van der Waals surface area contributed by atoms with E-state index in [0.717, 1.165) is 38.5 Å². The highest BCUT2D eigenvalue weighted by Crippen LogP contribution is 2.26. The fourth-order valence-electron chi connectivity index (χ4n) is 2.74. The van der Waals surface area contributed by atoms with Gasteiger partial charge in [-0.25, -0.2) is 14.5 Å². The molecule has 0 spiro atoms. The van der Waals surface area contributed by atoms with Gasteiger partial charge in [0.2, 0.25) is 10.1 Å². The number of hydrogen-bond donors (Lipinski definition) is 2. The van der Waals surface area contributed by atoms with Crippen LogP contribution in [0.4, 0.5) is 22.3 Å². The van der Waals surface area contributed by atoms with Crippen LogP contribution in [0, 0.1) is 0 Å². The van der Waals surface area contributed by atoms with E-state index in [2.05, 4.69) is 30.7 Å². The van der Waals surface area contributed by atoms with Crippen molar-refractivity contribution in [3.05, 3.63) is 79.4 Å². The van der Waals surface area contributed by atoms with Gasteiger partial charge in [-0.3, -0.25) is 4.98 Å². The molecule has 0 atom stereocenters. The minimum atomic E-state index is 0.755. The maximum absolute atomic E-state index is 4.62. The van der Waals surface area contributed by atoms with Gasteiger partial charge in [0, 0.05) is 23.6 Å². The molecule has 0 amide bonds. The van der Waals surface area contributed by atoms with Crippen molar-refractivity contribution >= 4 is 38.6 Å². The highest BCUT2D eigenvalue weighted by atomic mass is 32.1. The standard InChI is InChI=1S/C20H15N7S/c1-2-6-15(7-3-1)23-18-9-8-16(12-22-18)24-19-26-27-13-17(25-20(27)28-19)14-5-4-10-21-11-14/h1-13H,(H,22,23)(H,24,26). The first kappa shape index (κ1) is 16.4. The molecule has 5 aromatic rings. The van der Waals surface area contributed by atoms with Crippen LogP contribution < -0.4 is 10.6 Å². The Labute approximate surface area is 164 Å². The molecule has 136 valence electrons. The van der Waals surface area contributed by atoms with Crippen molar-refractivity contribution in [3.63, 3.8) is 0 Å². The van der Waals surface area contributed by atoms with Gasteiger partial charge in [0.15, 0.2) is 0 Å². The zero-order valence-electron chi connectivity index (χ0n) is 14.6. The summed E-state index contributed by atoms with van der Waals surface area (Å²) in [6, 6.07) is 17.7. The number of pyridine rings is 2. The number of nitrogens with zero attached hydrogens (tertiary/aromatic N) is 5. The van der Waals surface area contributed by atoms with Crippen molar-refractivity contribution in [2.45, 2.75) is 0 Å². The number of fused-ring (bicyclic) bond motifs is 1. The second-order valence-electron chi connectivity index (χ2n) is 6.05. The van der Waals surface area contributed by atoms with E-state index in [1.54, 1.807) is 23.1 Å². The predicted octanol–water partition coefficient (Wildman–Crippen LogP) is 4.74. The summed E-state index contributed by atoms with van der Waals surface area (Å²) >= 11 is 1.48. The maximum Gasteiger partial charge on any atom is 0.214 e. The zero-order chi connectivity index (χ0) is 18.8. The van der Waals surface area contributed by atoms with E-state index in [1.165, 1.54) is 11.3 Å². The molecule has 0 fully saturated rings. The molecule has 0 saturated carbocycles. The van der Waals surface area contributed by atoms with Gasteiger partial charge in [-0.1, -0.05) is 29.5 Å². The smallest absolute Gasteiger partial charge is 0.214 e. The minimum absolute atomic E-state index is 0.755. The molecule has 7 nitrogen and oxygen atoms in total. The summed E-state index contributed by atoms with van der Waals surface area (Å²) in [6.07, 6.45) is 7.22. The molecule has 1 aromatic carbocycles. The number of para-hydroxylation sites is 1. The summed E-state index contributed by atoms with van der Waals surface area (Å²) in [6.45, 7) is 0. The van der Waals surface area contributed by atoms with Crippen LogP contribution >= 0.6 is 11.3 Å². The Bertz CT molecular complexity index is 1170. The predicted molar refractivity (Wildman–Crippen MR) is 111 cm³/mol. The van der Waals surface area contributed by atoms with Gasteiger partial charge in [-0.2, -0.15) is 0 Å². The molecule has 2 N–H and O–H groups in total. The molecule has 8 heteroatoms. The van der Waals surface area contributed by atoms with Crippen LogP contribution in [-0.4, -0.2) is 24.6 Å². The van der Waals surface area contributed by atoms with Crippen molar-refractivity contribution in [1.29, 1.82) is 0 Å². The summed E-state index contributed by atoms with van der Waals surface area (Å²) in [5.41, 5.74) is 3.70. The number of aromatic nitrogens is 5. The van der Waals surface area contributed by atoms with Crippen LogP contribution in [0.15, 0.2) is 79.4 Å². The lowest BCUT2D eigenvalue weighted by Gasteiger charge is -2.06. The normalized spacial score (nSPS) is 10.9. The van der Waals surface area contributed by atoms with Crippen LogP contribution in [0.25, 0.3) is 16.2 Å². The molecule has 0 aliphatic carbocycles. The average molecular weight is 385 g/mol. The number of benzene rings is 1. The Morgan fingerprint density at radius 3 is 2.54 bits per heavy atom. The minimum Gasteiger partial charge on any atom is -0.340 e. The molecule has 5 rings (SSSR count). The first-order valence-corrected chi connectivity index (χ1v) is 9.47. The molecular formula is C20H15N7S. The van der Waals surface area contributed by atoms with Crippen LogP contribution in [0.1, 0.15) is 0 Å². The average Bonchev–Trinajstić information content (AvgIpc) is 3.30. The van der Waals surface area contributed by atoms with E-state index >= 15 is 0 Å². The first-order chi connectivity index (χ1) is 13.8.